The van der Waals surface area contributed by atoms with Crippen LogP contribution in [0.5, 0.6) is 0 Å². The molecule has 0 saturated carbocycles. The lowest BCUT2D eigenvalue weighted by molar-refractivity contribution is -0.146. The Kier molecular flexibility index (Phi) is 5.68. The smallest absolute Gasteiger partial charge is 0.334 e. The number of carboxylic acids is 1. The molecule has 0 aromatic heterocycles. The van der Waals surface area contributed by atoms with Crippen molar-refractivity contribution >= 4 is 52.5 Å². The van der Waals surface area contributed by atoms with E-state index in [2.05, 4.69) is 10.6 Å². The lowest BCUT2D eigenvalue weighted by Crippen LogP contribution is -2.38. The minimum atomic E-state index is -1.69. The van der Waals surface area contributed by atoms with E-state index in [1.165, 1.54) is 12.1 Å². The highest BCUT2D eigenvalue weighted by Gasteiger charge is 2.15. The molecule has 0 aliphatic carbocycles. The SMILES string of the molecule is O=C(NCC(O)C(=O)O)Nc1c(Cl)cc(Cl)cc1Cl. The Morgan fingerprint density at radius 3 is 2.21 bits per heavy atom. The van der Waals surface area contributed by atoms with Gasteiger partial charge in [-0.25, -0.2) is 9.59 Å². The number of carbonyl (C=O) groups is 2. The maximum absolute atomic E-state index is 11.5. The quantitative estimate of drug-likeness (QED) is 0.681. The van der Waals surface area contributed by atoms with Crippen LogP contribution >= 0.6 is 34.8 Å². The molecule has 104 valence electrons. The summed E-state index contributed by atoms with van der Waals surface area (Å²) in [5.41, 5.74) is 0.134. The molecule has 1 rings (SSSR count). The van der Waals surface area contributed by atoms with Crippen LogP contribution in [0.15, 0.2) is 12.1 Å². The van der Waals surface area contributed by atoms with Gasteiger partial charge in [0.2, 0.25) is 0 Å². The van der Waals surface area contributed by atoms with Gasteiger partial charge < -0.3 is 20.8 Å². The molecular weight excluding hydrogens is 318 g/mol. The first kappa shape index (κ1) is 15.8. The summed E-state index contributed by atoms with van der Waals surface area (Å²) in [4.78, 5) is 21.8. The largest absolute Gasteiger partial charge is 0.479 e. The van der Waals surface area contributed by atoms with Crippen molar-refractivity contribution in [1.29, 1.82) is 0 Å². The van der Waals surface area contributed by atoms with Gasteiger partial charge in [-0.1, -0.05) is 34.8 Å². The fraction of sp³-hybridized carbons (Fsp3) is 0.200. The van der Waals surface area contributed by atoms with Crippen molar-refractivity contribution < 1.29 is 19.8 Å². The number of aliphatic hydroxyl groups excluding tert-OH is 1. The lowest BCUT2D eigenvalue weighted by Gasteiger charge is -2.12. The molecule has 6 nitrogen and oxygen atoms in total. The number of amides is 2. The number of aliphatic hydroxyl groups is 1. The van der Waals surface area contributed by atoms with Gasteiger partial charge in [-0.2, -0.15) is 0 Å². The van der Waals surface area contributed by atoms with Gasteiger partial charge in [0, 0.05) is 5.02 Å². The second kappa shape index (κ2) is 6.81. The lowest BCUT2D eigenvalue weighted by atomic mass is 10.3. The summed E-state index contributed by atoms with van der Waals surface area (Å²) in [5.74, 6) is -1.44. The molecule has 0 bridgehead atoms. The predicted molar refractivity (Wildman–Crippen MR) is 72.1 cm³/mol. The summed E-state index contributed by atoms with van der Waals surface area (Å²) in [5, 5.41) is 22.4. The van der Waals surface area contributed by atoms with Crippen molar-refractivity contribution in [3.05, 3.63) is 27.2 Å². The molecule has 0 saturated heterocycles. The van der Waals surface area contributed by atoms with Crippen LogP contribution in [-0.4, -0.2) is 34.9 Å². The van der Waals surface area contributed by atoms with Gasteiger partial charge in [0.15, 0.2) is 6.10 Å². The van der Waals surface area contributed by atoms with E-state index in [1.807, 2.05) is 0 Å². The summed E-state index contributed by atoms with van der Waals surface area (Å²) in [7, 11) is 0. The number of halogens is 3. The number of rotatable bonds is 4. The molecule has 4 N–H and O–H groups in total. The minimum Gasteiger partial charge on any atom is -0.479 e. The summed E-state index contributed by atoms with van der Waals surface area (Å²) >= 11 is 17.4. The van der Waals surface area contributed by atoms with Crippen molar-refractivity contribution in [2.45, 2.75) is 6.10 Å². The number of aliphatic carboxylic acids is 1. The van der Waals surface area contributed by atoms with Gasteiger partial charge in [0.25, 0.3) is 0 Å². The number of nitrogens with one attached hydrogen (secondary N) is 2. The van der Waals surface area contributed by atoms with Crippen LogP contribution < -0.4 is 10.6 Å². The standard InChI is InChI=1S/C10H9Cl3N2O4/c11-4-1-5(12)8(6(13)2-4)15-10(19)14-3-7(16)9(17)18/h1-2,7,16H,3H2,(H,17,18)(H2,14,15,19). The first-order valence-electron chi connectivity index (χ1n) is 4.91. The van der Waals surface area contributed by atoms with Crippen LogP contribution in [0.25, 0.3) is 0 Å². The third-order valence-electron chi connectivity index (χ3n) is 1.99. The van der Waals surface area contributed by atoms with Crippen LogP contribution in [0.4, 0.5) is 10.5 Å². The number of hydrogen-bond acceptors (Lipinski definition) is 3. The molecule has 2 amide bonds. The van der Waals surface area contributed by atoms with E-state index >= 15 is 0 Å². The van der Waals surface area contributed by atoms with E-state index in [4.69, 9.17) is 45.0 Å². The molecule has 1 unspecified atom stereocenters. The van der Waals surface area contributed by atoms with Crippen molar-refractivity contribution in [1.82, 2.24) is 5.32 Å². The Morgan fingerprint density at radius 1 is 1.21 bits per heavy atom. The maximum Gasteiger partial charge on any atom is 0.334 e. The third kappa shape index (κ3) is 4.76. The molecule has 0 aliphatic heterocycles. The number of urea groups is 1. The zero-order valence-corrected chi connectivity index (χ0v) is 11.6. The molecular formula is C10H9Cl3N2O4. The first-order valence-corrected chi connectivity index (χ1v) is 6.05. The summed E-state index contributed by atoms with van der Waals surface area (Å²) < 4.78 is 0. The Bertz CT molecular complexity index is 487. The Labute approximate surface area is 123 Å². The second-order valence-corrected chi connectivity index (χ2v) is 4.68. The molecule has 19 heavy (non-hydrogen) atoms. The van der Waals surface area contributed by atoms with Gasteiger partial charge in [0.1, 0.15) is 0 Å². The molecule has 0 aliphatic rings. The third-order valence-corrected chi connectivity index (χ3v) is 2.80. The average molecular weight is 328 g/mol. The van der Waals surface area contributed by atoms with E-state index < -0.39 is 24.6 Å². The molecule has 1 aromatic carbocycles. The van der Waals surface area contributed by atoms with E-state index in [9.17, 15) is 9.59 Å². The number of carboxylic acid groups (broad SMARTS) is 1. The van der Waals surface area contributed by atoms with E-state index in [0.29, 0.717) is 5.02 Å². The molecule has 0 fully saturated rings. The normalized spacial score (nSPS) is 11.8. The van der Waals surface area contributed by atoms with Gasteiger partial charge in [-0.15, -0.1) is 0 Å². The fourth-order valence-corrected chi connectivity index (χ4v) is 2.01. The Balaban J connectivity index is 2.65. The predicted octanol–water partition coefficient (Wildman–Crippen LogP) is 2.21. The zero-order valence-electron chi connectivity index (χ0n) is 9.28. The van der Waals surface area contributed by atoms with Crippen LogP contribution in [0.2, 0.25) is 15.1 Å². The van der Waals surface area contributed by atoms with Crippen LogP contribution in [0.3, 0.4) is 0 Å². The minimum absolute atomic E-state index is 0.131. The number of anilines is 1. The highest BCUT2D eigenvalue weighted by atomic mass is 35.5. The monoisotopic (exact) mass is 326 g/mol. The number of hydrogen-bond donors (Lipinski definition) is 4. The fourth-order valence-electron chi connectivity index (χ4n) is 1.10. The van der Waals surface area contributed by atoms with Crippen molar-refractivity contribution in [2.24, 2.45) is 0 Å². The van der Waals surface area contributed by atoms with Gasteiger partial charge >= 0.3 is 12.0 Å². The van der Waals surface area contributed by atoms with Crippen molar-refractivity contribution in [2.75, 3.05) is 11.9 Å². The summed E-state index contributed by atoms with van der Waals surface area (Å²) in [6, 6.07) is 2.01. The molecule has 0 heterocycles. The molecule has 1 aromatic rings. The van der Waals surface area contributed by atoms with Crippen LogP contribution in [0.1, 0.15) is 0 Å². The van der Waals surface area contributed by atoms with Gasteiger partial charge in [-0.3, -0.25) is 0 Å². The summed E-state index contributed by atoms with van der Waals surface area (Å²) in [6.45, 7) is -0.454. The van der Waals surface area contributed by atoms with E-state index in [-0.39, 0.29) is 15.7 Å². The van der Waals surface area contributed by atoms with Crippen molar-refractivity contribution in [3.8, 4) is 0 Å². The topological polar surface area (TPSA) is 98.7 Å². The highest BCUT2D eigenvalue weighted by molar-refractivity contribution is 6.42. The van der Waals surface area contributed by atoms with Gasteiger partial charge in [-0.05, 0) is 12.1 Å². The molecule has 0 spiro atoms. The van der Waals surface area contributed by atoms with Crippen LogP contribution in [-0.2, 0) is 4.79 Å². The molecule has 0 radical (unpaired) electrons. The first-order chi connectivity index (χ1) is 8.81. The number of carbonyl (C=O) groups excluding carboxylic acids is 1. The molecule has 1 atom stereocenters. The summed E-state index contributed by atoms with van der Waals surface area (Å²) in [6.07, 6.45) is -1.69. The Hall–Kier alpha value is -1.21. The average Bonchev–Trinajstić information content (AvgIpc) is 2.30. The Morgan fingerprint density at radius 2 is 1.74 bits per heavy atom. The highest BCUT2D eigenvalue weighted by Crippen LogP contribution is 2.33. The zero-order chi connectivity index (χ0) is 14.6. The second-order valence-electron chi connectivity index (χ2n) is 3.43. The maximum atomic E-state index is 11.5. The van der Waals surface area contributed by atoms with Crippen LogP contribution in [0, 0.1) is 0 Å². The van der Waals surface area contributed by atoms with Gasteiger partial charge in [0.05, 0.1) is 22.3 Å². The van der Waals surface area contributed by atoms with Crippen molar-refractivity contribution in [3.63, 3.8) is 0 Å². The number of benzene rings is 1. The van der Waals surface area contributed by atoms with E-state index in [1.54, 1.807) is 0 Å². The van der Waals surface area contributed by atoms with E-state index in [0.717, 1.165) is 0 Å². The molecule has 9 heteroatoms.